The first-order chi connectivity index (χ1) is 6.76. The summed E-state index contributed by atoms with van der Waals surface area (Å²) in [5.74, 6) is 0. The smallest absolute Gasteiger partial charge is 0.150 e. The van der Waals surface area contributed by atoms with Crippen molar-refractivity contribution in [2.75, 3.05) is 0 Å². The van der Waals surface area contributed by atoms with Gasteiger partial charge in [-0.1, -0.05) is 15.9 Å². The minimum absolute atomic E-state index is 0.758. The molecule has 72 valence electrons. The van der Waals surface area contributed by atoms with Gasteiger partial charge in [-0.2, -0.15) is 0 Å². The maximum absolute atomic E-state index is 10.7. The van der Waals surface area contributed by atoms with Crippen molar-refractivity contribution in [3.63, 3.8) is 0 Å². The van der Waals surface area contributed by atoms with Crippen LogP contribution in [0, 0.1) is 6.92 Å². The van der Waals surface area contributed by atoms with E-state index in [0.29, 0.717) is 0 Å². The van der Waals surface area contributed by atoms with Gasteiger partial charge in [0, 0.05) is 15.6 Å². The third-order valence-corrected chi connectivity index (χ3v) is 3.89. The topological polar surface area (TPSA) is 17.1 Å². The zero-order valence-corrected chi connectivity index (χ0v) is 10.1. The molecular formula is C11H9BrOS. The van der Waals surface area contributed by atoms with E-state index < -0.39 is 0 Å². The van der Waals surface area contributed by atoms with Gasteiger partial charge in [0.25, 0.3) is 0 Å². The highest BCUT2D eigenvalue weighted by molar-refractivity contribution is 9.08. The normalized spacial score (nSPS) is 10.7. The van der Waals surface area contributed by atoms with Gasteiger partial charge in [0.15, 0.2) is 0 Å². The van der Waals surface area contributed by atoms with Crippen molar-refractivity contribution in [3.05, 3.63) is 34.2 Å². The Morgan fingerprint density at radius 2 is 2.29 bits per heavy atom. The van der Waals surface area contributed by atoms with E-state index in [1.165, 1.54) is 21.2 Å². The molecule has 1 heterocycles. The Bertz CT molecular complexity index is 487. The van der Waals surface area contributed by atoms with E-state index in [2.05, 4.69) is 28.2 Å². The molecule has 1 aromatic carbocycles. The highest BCUT2D eigenvalue weighted by Crippen LogP contribution is 2.30. The molecule has 0 atom stereocenters. The predicted octanol–water partition coefficient (Wildman–Crippen LogP) is 3.92. The average molecular weight is 269 g/mol. The lowest BCUT2D eigenvalue weighted by molar-refractivity contribution is 0.112. The highest BCUT2D eigenvalue weighted by atomic mass is 79.9. The van der Waals surface area contributed by atoms with E-state index in [9.17, 15) is 4.79 Å². The molecule has 2 rings (SSSR count). The molecule has 1 nitrogen and oxygen atoms in total. The standard InChI is InChI=1S/C11H9BrOS/c1-7-6-14-10-3-8(5-13)2-9(4-12)11(7)10/h2-3,5-6H,4H2,1H3. The van der Waals surface area contributed by atoms with Crippen LogP contribution in [0.1, 0.15) is 21.5 Å². The number of hydrogen-bond donors (Lipinski definition) is 0. The van der Waals surface area contributed by atoms with Crippen LogP contribution in [0.25, 0.3) is 10.1 Å². The quantitative estimate of drug-likeness (QED) is 0.596. The molecule has 14 heavy (non-hydrogen) atoms. The third kappa shape index (κ3) is 1.51. The van der Waals surface area contributed by atoms with Gasteiger partial charge in [-0.25, -0.2) is 0 Å². The summed E-state index contributed by atoms with van der Waals surface area (Å²) in [6, 6.07) is 3.90. The largest absolute Gasteiger partial charge is 0.298 e. The first kappa shape index (κ1) is 9.87. The van der Waals surface area contributed by atoms with Gasteiger partial charge in [-0.15, -0.1) is 11.3 Å². The molecule has 0 saturated carbocycles. The summed E-state index contributed by atoms with van der Waals surface area (Å²) in [5.41, 5.74) is 3.24. The maximum Gasteiger partial charge on any atom is 0.150 e. The minimum atomic E-state index is 0.758. The highest BCUT2D eigenvalue weighted by Gasteiger charge is 2.07. The van der Waals surface area contributed by atoms with Gasteiger partial charge in [0.1, 0.15) is 6.29 Å². The van der Waals surface area contributed by atoms with Crippen LogP contribution in [-0.2, 0) is 5.33 Å². The van der Waals surface area contributed by atoms with Crippen LogP contribution in [0.15, 0.2) is 17.5 Å². The number of benzene rings is 1. The Balaban J connectivity index is 2.82. The minimum Gasteiger partial charge on any atom is -0.298 e. The van der Waals surface area contributed by atoms with Gasteiger partial charge in [-0.05, 0) is 40.9 Å². The summed E-state index contributed by atoms with van der Waals surface area (Å²) in [5, 5.41) is 4.21. The molecule has 1 aromatic heterocycles. The Morgan fingerprint density at radius 3 is 2.93 bits per heavy atom. The second-order valence-corrected chi connectivity index (χ2v) is 4.70. The second kappa shape index (κ2) is 3.83. The van der Waals surface area contributed by atoms with Crippen LogP contribution in [-0.4, -0.2) is 6.29 Å². The Kier molecular flexibility index (Phi) is 2.70. The van der Waals surface area contributed by atoms with Gasteiger partial charge in [0.2, 0.25) is 0 Å². The van der Waals surface area contributed by atoms with Crippen molar-refractivity contribution < 1.29 is 4.79 Å². The van der Waals surface area contributed by atoms with E-state index in [1.807, 2.05) is 12.1 Å². The Hall–Kier alpha value is -0.670. The van der Waals surface area contributed by atoms with Crippen LogP contribution < -0.4 is 0 Å². The number of halogens is 1. The summed E-state index contributed by atoms with van der Waals surface area (Å²) < 4.78 is 1.20. The zero-order chi connectivity index (χ0) is 10.1. The lowest BCUT2D eigenvalue weighted by Gasteiger charge is -2.01. The fourth-order valence-corrected chi connectivity index (χ4v) is 3.10. The molecule has 0 amide bonds. The van der Waals surface area contributed by atoms with E-state index >= 15 is 0 Å². The van der Waals surface area contributed by atoms with Crippen LogP contribution in [0.4, 0.5) is 0 Å². The van der Waals surface area contributed by atoms with Crippen LogP contribution in [0.5, 0.6) is 0 Å². The van der Waals surface area contributed by atoms with E-state index in [1.54, 1.807) is 11.3 Å². The number of carbonyl (C=O) groups excluding carboxylic acids is 1. The van der Waals surface area contributed by atoms with E-state index in [4.69, 9.17) is 0 Å². The number of fused-ring (bicyclic) bond motifs is 1. The summed E-state index contributed by atoms with van der Waals surface area (Å²) in [4.78, 5) is 10.7. The van der Waals surface area contributed by atoms with Gasteiger partial charge < -0.3 is 0 Å². The molecule has 0 aliphatic heterocycles. The fourth-order valence-electron chi connectivity index (χ4n) is 1.62. The van der Waals surface area contributed by atoms with Crippen LogP contribution >= 0.6 is 27.3 Å². The fraction of sp³-hybridized carbons (Fsp3) is 0.182. The number of alkyl halides is 1. The summed E-state index contributed by atoms with van der Waals surface area (Å²) in [7, 11) is 0. The molecule has 0 unspecified atom stereocenters. The molecule has 3 heteroatoms. The summed E-state index contributed by atoms with van der Waals surface area (Å²) in [6.07, 6.45) is 0.903. The molecule has 0 fully saturated rings. The van der Waals surface area contributed by atoms with E-state index in [-0.39, 0.29) is 0 Å². The van der Waals surface area contributed by atoms with Crippen molar-refractivity contribution in [1.29, 1.82) is 0 Å². The molecule has 0 saturated heterocycles. The molecule has 0 radical (unpaired) electrons. The van der Waals surface area contributed by atoms with Crippen molar-refractivity contribution in [3.8, 4) is 0 Å². The van der Waals surface area contributed by atoms with Gasteiger partial charge in [0.05, 0.1) is 0 Å². The van der Waals surface area contributed by atoms with Crippen molar-refractivity contribution in [2.24, 2.45) is 0 Å². The lowest BCUT2D eigenvalue weighted by Crippen LogP contribution is -1.85. The van der Waals surface area contributed by atoms with Gasteiger partial charge in [-0.3, -0.25) is 4.79 Å². The number of rotatable bonds is 2. The third-order valence-electron chi connectivity index (χ3n) is 2.24. The van der Waals surface area contributed by atoms with E-state index in [0.717, 1.165) is 17.2 Å². The number of carbonyl (C=O) groups is 1. The van der Waals surface area contributed by atoms with Crippen molar-refractivity contribution in [2.45, 2.75) is 12.3 Å². The van der Waals surface area contributed by atoms with Crippen LogP contribution in [0.2, 0.25) is 0 Å². The first-order valence-electron chi connectivity index (χ1n) is 4.28. The predicted molar refractivity (Wildman–Crippen MR) is 64.6 cm³/mol. The Labute approximate surface area is 94.9 Å². The second-order valence-electron chi connectivity index (χ2n) is 3.22. The van der Waals surface area contributed by atoms with Crippen LogP contribution in [0.3, 0.4) is 0 Å². The van der Waals surface area contributed by atoms with Crippen molar-refractivity contribution in [1.82, 2.24) is 0 Å². The average Bonchev–Trinajstić information content (AvgIpc) is 2.59. The number of aldehydes is 1. The maximum atomic E-state index is 10.7. The molecule has 0 spiro atoms. The molecule has 0 bridgehead atoms. The number of hydrogen-bond acceptors (Lipinski definition) is 2. The molecule has 0 aliphatic rings. The first-order valence-corrected chi connectivity index (χ1v) is 6.28. The lowest BCUT2D eigenvalue weighted by atomic mass is 10.1. The number of aryl methyl sites for hydroxylation is 1. The Morgan fingerprint density at radius 1 is 1.50 bits per heavy atom. The molecule has 0 aliphatic carbocycles. The zero-order valence-electron chi connectivity index (χ0n) is 7.71. The molecular weight excluding hydrogens is 260 g/mol. The van der Waals surface area contributed by atoms with Gasteiger partial charge >= 0.3 is 0 Å². The number of thiophene rings is 1. The summed E-state index contributed by atoms with van der Waals surface area (Å²) in [6.45, 7) is 2.10. The summed E-state index contributed by atoms with van der Waals surface area (Å²) >= 11 is 5.14. The molecule has 0 N–H and O–H groups in total. The van der Waals surface area contributed by atoms with Crippen molar-refractivity contribution >= 4 is 43.6 Å². The monoisotopic (exact) mass is 268 g/mol. The SMILES string of the molecule is Cc1csc2cc(C=O)cc(CBr)c12. The molecule has 2 aromatic rings.